The quantitative estimate of drug-likeness (QED) is 0.594. The molecule has 0 atom stereocenters. The molecule has 5 nitrogen and oxygen atoms in total. The minimum absolute atomic E-state index is 0.0981. The van der Waals surface area contributed by atoms with Crippen molar-refractivity contribution < 1.29 is 0 Å². The van der Waals surface area contributed by atoms with Crippen LogP contribution in [-0.2, 0) is 14.1 Å². The molecule has 136 valence electrons. The van der Waals surface area contributed by atoms with Crippen LogP contribution in [0, 0.1) is 13.8 Å². The van der Waals surface area contributed by atoms with Gasteiger partial charge in [0.05, 0.1) is 17.4 Å². The van der Waals surface area contributed by atoms with Gasteiger partial charge < -0.3 is 9.88 Å². The first-order chi connectivity index (χ1) is 13.0. The van der Waals surface area contributed by atoms with Gasteiger partial charge in [0, 0.05) is 36.9 Å². The number of fused-ring (bicyclic) bond motifs is 1. The molecule has 4 aromatic rings. The third-order valence-corrected chi connectivity index (χ3v) is 5.10. The van der Waals surface area contributed by atoms with Gasteiger partial charge in [0.2, 0.25) is 0 Å². The van der Waals surface area contributed by atoms with Crippen molar-refractivity contribution in [3.8, 4) is 11.1 Å². The van der Waals surface area contributed by atoms with Gasteiger partial charge in [-0.1, -0.05) is 24.3 Å². The Kier molecular flexibility index (Phi) is 4.07. The average Bonchev–Trinajstić information content (AvgIpc) is 3.03. The van der Waals surface area contributed by atoms with Crippen LogP contribution in [0.15, 0.2) is 59.7 Å². The van der Waals surface area contributed by atoms with Gasteiger partial charge in [-0.05, 0) is 48.7 Å². The van der Waals surface area contributed by atoms with Gasteiger partial charge in [-0.3, -0.25) is 4.79 Å². The highest BCUT2D eigenvalue weighted by Crippen LogP contribution is 2.35. The van der Waals surface area contributed by atoms with Gasteiger partial charge in [-0.15, -0.1) is 0 Å². The molecule has 0 amide bonds. The maximum Gasteiger partial charge on any atom is 0.271 e. The topological polar surface area (TPSA) is 51.9 Å². The lowest BCUT2D eigenvalue weighted by Gasteiger charge is -2.14. The lowest BCUT2D eigenvalue weighted by Crippen LogP contribution is -2.22. The molecule has 5 heteroatoms. The summed E-state index contributed by atoms with van der Waals surface area (Å²) in [6.45, 7) is 3.94. The van der Waals surface area contributed by atoms with Crippen molar-refractivity contribution in [1.82, 2.24) is 14.3 Å². The molecule has 0 radical (unpaired) electrons. The lowest BCUT2D eigenvalue weighted by atomic mass is 9.97. The summed E-state index contributed by atoms with van der Waals surface area (Å²) in [5.74, 6) is 0. The third kappa shape index (κ3) is 2.91. The van der Waals surface area contributed by atoms with E-state index in [4.69, 9.17) is 0 Å². The summed E-state index contributed by atoms with van der Waals surface area (Å²) in [7, 11) is 3.70. The monoisotopic (exact) mass is 358 g/mol. The van der Waals surface area contributed by atoms with E-state index in [-0.39, 0.29) is 5.56 Å². The zero-order chi connectivity index (χ0) is 19.1. The van der Waals surface area contributed by atoms with Crippen LogP contribution in [0.1, 0.15) is 11.1 Å². The van der Waals surface area contributed by atoms with Crippen LogP contribution in [0.5, 0.6) is 0 Å². The Morgan fingerprint density at radius 3 is 2.56 bits per heavy atom. The standard InChI is InChI=1S/C22H22N4O/c1-14-7-5-6-8-17(14)19-11-16(12-21-18(19)9-10-25(21)3)24-20-13-23-26(4)22(27)15(20)2/h5-13,24H,1-4H3. The van der Waals surface area contributed by atoms with Gasteiger partial charge in [0.15, 0.2) is 0 Å². The van der Waals surface area contributed by atoms with Gasteiger partial charge in [0.25, 0.3) is 5.56 Å². The van der Waals surface area contributed by atoms with E-state index in [9.17, 15) is 4.79 Å². The van der Waals surface area contributed by atoms with Crippen molar-refractivity contribution in [2.75, 3.05) is 5.32 Å². The lowest BCUT2D eigenvalue weighted by molar-refractivity contribution is 0.702. The molecule has 0 aliphatic heterocycles. The van der Waals surface area contributed by atoms with E-state index < -0.39 is 0 Å². The number of nitrogens with zero attached hydrogens (tertiary/aromatic N) is 3. The summed E-state index contributed by atoms with van der Waals surface area (Å²) < 4.78 is 3.46. The molecule has 4 rings (SSSR count). The van der Waals surface area contributed by atoms with Crippen LogP contribution < -0.4 is 10.9 Å². The molecule has 0 fully saturated rings. The Hall–Kier alpha value is -3.34. The molecule has 0 spiro atoms. The molecule has 0 unspecified atom stereocenters. The van der Waals surface area contributed by atoms with Gasteiger partial charge >= 0.3 is 0 Å². The van der Waals surface area contributed by atoms with Gasteiger partial charge in [-0.2, -0.15) is 5.10 Å². The van der Waals surface area contributed by atoms with E-state index in [2.05, 4.69) is 70.6 Å². The molecular formula is C22H22N4O. The van der Waals surface area contributed by atoms with Crippen LogP contribution in [-0.4, -0.2) is 14.3 Å². The van der Waals surface area contributed by atoms with Crippen molar-refractivity contribution in [2.24, 2.45) is 14.1 Å². The predicted octanol–water partition coefficient (Wildman–Crippen LogP) is 4.30. The zero-order valence-corrected chi connectivity index (χ0v) is 15.9. The average molecular weight is 358 g/mol. The fourth-order valence-electron chi connectivity index (χ4n) is 3.47. The largest absolute Gasteiger partial charge is 0.354 e. The maximum absolute atomic E-state index is 12.2. The molecule has 0 bridgehead atoms. The summed E-state index contributed by atoms with van der Waals surface area (Å²) in [5.41, 5.74) is 6.94. The third-order valence-electron chi connectivity index (χ3n) is 5.10. The summed E-state index contributed by atoms with van der Waals surface area (Å²) in [6.07, 6.45) is 3.76. The highest BCUT2D eigenvalue weighted by Gasteiger charge is 2.12. The second-order valence-corrected chi connectivity index (χ2v) is 6.94. The second-order valence-electron chi connectivity index (χ2n) is 6.94. The van der Waals surface area contributed by atoms with Crippen molar-refractivity contribution in [1.29, 1.82) is 0 Å². The molecular weight excluding hydrogens is 336 g/mol. The number of rotatable bonds is 3. The van der Waals surface area contributed by atoms with Crippen molar-refractivity contribution in [3.63, 3.8) is 0 Å². The van der Waals surface area contributed by atoms with Crippen molar-refractivity contribution in [3.05, 3.63) is 76.3 Å². The number of hydrogen-bond acceptors (Lipinski definition) is 3. The van der Waals surface area contributed by atoms with Gasteiger partial charge in [0.1, 0.15) is 0 Å². The van der Waals surface area contributed by atoms with Crippen LogP contribution in [0.4, 0.5) is 11.4 Å². The Morgan fingerprint density at radius 2 is 1.78 bits per heavy atom. The maximum atomic E-state index is 12.2. The van der Waals surface area contributed by atoms with Crippen LogP contribution in [0.25, 0.3) is 22.0 Å². The fourth-order valence-corrected chi connectivity index (χ4v) is 3.47. The van der Waals surface area contributed by atoms with E-state index in [0.717, 1.165) is 16.9 Å². The zero-order valence-electron chi connectivity index (χ0n) is 15.9. The normalized spacial score (nSPS) is 11.1. The number of aryl methyl sites for hydroxylation is 3. The Morgan fingerprint density at radius 1 is 1.00 bits per heavy atom. The fraction of sp³-hybridized carbons (Fsp3) is 0.182. The first kappa shape index (κ1) is 17.1. The second kappa shape index (κ2) is 6.43. The molecule has 27 heavy (non-hydrogen) atoms. The highest BCUT2D eigenvalue weighted by atomic mass is 16.1. The highest BCUT2D eigenvalue weighted by molar-refractivity contribution is 5.99. The molecule has 0 aliphatic rings. The summed E-state index contributed by atoms with van der Waals surface area (Å²) in [5, 5.41) is 8.73. The minimum Gasteiger partial charge on any atom is -0.354 e. The molecule has 2 heterocycles. The number of benzene rings is 2. The Bertz CT molecular complexity index is 1220. The molecule has 1 N–H and O–H groups in total. The first-order valence-corrected chi connectivity index (χ1v) is 8.90. The number of anilines is 2. The molecule has 0 saturated carbocycles. The predicted molar refractivity (Wildman–Crippen MR) is 111 cm³/mol. The van der Waals surface area contributed by atoms with Crippen molar-refractivity contribution >= 4 is 22.3 Å². The van der Waals surface area contributed by atoms with E-state index in [1.54, 1.807) is 13.2 Å². The van der Waals surface area contributed by atoms with Crippen LogP contribution >= 0.6 is 0 Å². The number of nitrogens with one attached hydrogen (secondary N) is 1. The van der Waals surface area contributed by atoms with E-state index >= 15 is 0 Å². The van der Waals surface area contributed by atoms with E-state index in [1.165, 1.54) is 26.8 Å². The van der Waals surface area contributed by atoms with Crippen LogP contribution in [0.3, 0.4) is 0 Å². The van der Waals surface area contributed by atoms with Crippen LogP contribution in [0.2, 0.25) is 0 Å². The number of hydrogen-bond donors (Lipinski definition) is 1. The first-order valence-electron chi connectivity index (χ1n) is 8.90. The van der Waals surface area contributed by atoms with E-state index in [1.807, 2.05) is 14.0 Å². The SMILES string of the molecule is Cc1ccccc1-c1cc(Nc2cnn(C)c(=O)c2C)cc2c1ccn2C. The molecule has 0 saturated heterocycles. The summed E-state index contributed by atoms with van der Waals surface area (Å²) in [6, 6.07) is 14.8. The summed E-state index contributed by atoms with van der Waals surface area (Å²) in [4.78, 5) is 12.2. The summed E-state index contributed by atoms with van der Waals surface area (Å²) >= 11 is 0. The smallest absolute Gasteiger partial charge is 0.271 e. The molecule has 2 aromatic carbocycles. The van der Waals surface area contributed by atoms with Gasteiger partial charge in [-0.25, -0.2) is 4.68 Å². The van der Waals surface area contributed by atoms with Crippen molar-refractivity contribution in [2.45, 2.75) is 13.8 Å². The van der Waals surface area contributed by atoms with E-state index in [0.29, 0.717) is 5.56 Å². The molecule has 2 aromatic heterocycles. The Balaban J connectivity index is 1.90. The molecule has 0 aliphatic carbocycles. The minimum atomic E-state index is -0.0981. The Labute approximate surface area is 157 Å². The number of aromatic nitrogens is 3.